The number of hydrogen-bond acceptors (Lipinski definition) is 4. The molecule has 0 atom stereocenters. The summed E-state index contributed by atoms with van der Waals surface area (Å²) >= 11 is 0. The molecule has 0 aromatic carbocycles. The summed E-state index contributed by atoms with van der Waals surface area (Å²) in [7, 11) is 0. The van der Waals surface area contributed by atoms with Crippen LogP contribution >= 0.6 is 0 Å². The summed E-state index contributed by atoms with van der Waals surface area (Å²) < 4.78 is 5.90. The summed E-state index contributed by atoms with van der Waals surface area (Å²) in [6.07, 6.45) is 7.85. The van der Waals surface area contributed by atoms with Crippen LogP contribution < -0.4 is 5.73 Å². The summed E-state index contributed by atoms with van der Waals surface area (Å²) in [5, 5.41) is 8.50. The molecule has 2 rings (SSSR count). The van der Waals surface area contributed by atoms with Crippen LogP contribution in [0.2, 0.25) is 0 Å². The highest BCUT2D eigenvalue weighted by Gasteiger charge is 2.40. The van der Waals surface area contributed by atoms with Crippen molar-refractivity contribution in [1.29, 1.82) is 0 Å². The average Bonchev–Trinajstić information content (AvgIpc) is 2.94. The van der Waals surface area contributed by atoms with Gasteiger partial charge in [-0.2, -0.15) is 0 Å². The average molecular weight is 251 g/mol. The molecule has 1 heterocycles. The maximum Gasteiger partial charge on any atom is 0.222 e. The molecule has 1 aromatic rings. The van der Waals surface area contributed by atoms with Crippen molar-refractivity contribution in [3.05, 3.63) is 11.8 Å². The van der Waals surface area contributed by atoms with Gasteiger partial charge in [0.1, 0.15) is 0 Å². The SMILES string of the molecule is CC(C)CC1(c2nnc(CCCN)o2)CCCC1. The van der Waals surface area contributed by atoms with Crippen LogP contribution in [0.25, 0.3) is 0 Å². The topological polar surface area (TPSA) is 64.9 Å². The minimum Gasteiger partial charge on any atom is -0.425 e. The number of rotatable bonds is 6. The molecule has 0 bridgehead atoms. The minimum atomic E-state index is 0.155. The second-order valence-electron chi connectivity index (χ2n) is 5.98. The van der Waals surface area contributed by atoms with Gasteiger partial charge in [-0.1, -0.05) is 26.7 Å². The van der Waals surface area contributed by atoms with Gasteiger partial charge >= 0.3 is 0 Å². The predicted molar refractivity (Wildman–Crippen MR) is 71.3 cm³/mol. The van der Waals surface area contributed by atoms with Gasteiger partial charge in [0.05, 0.1) is 0 Å². The molecule has 4 heteroatoms. The molecule has 0 amide bonds. The molecule has 2 N–H and O–H groups in total. The Kier molecular flexibility index (Phi) is 4.38. The first kappa shape index (κ1) is 13.5. The fourth-order valence-electron chi connectivity index (χ4n) is 3.16. The Labute approximate surface area is 109 Å². The van der Waals surface area contributed by atoms with Gasteiger partial charge in [0, 0.05) is 11.8 Å². The molecule has 1 saturated carbocycles. The van der Waals surface area contributed by atoms with Gasteiger partial charge in [-0.25, -0.2) is 0 Å². The van der Waals surface area contributed by atoms with Crippen LogP contribution in [0, 0.1) is 5.92 Å². The van der Waals surface area contributed by atoms with Gasteiger partial charge in [0.25, 0.3) is 0 Å². The Balaban J connectivity index is 2.13. The molecule has 4 nitrogen and oxygen atoms in total. The van der Waals surface area contributed by atoms with Crippen molar-refractivity contribution in [2.75, 3.05) is 6.54 Å². The molecular weight excluding hydrogens is 226 g/mol. The van der Waals surface area contributed by atoms with Gasteiger partial charge < -0.3 is 10.2 Å². The third-order valence-corrected chi connectivity index (χ3v) is 3.87. The molecule has 0 spiro atoms. The molecule has 1 fully saturated rings. The lowest BCUT2D eigenvalue weighted by Crippen LogP contribution is -2.24. The zero-order chi connectivity index (χ0) is 13.0. The van der Waals surface area contributed by atoms with Crippen LogP contribution in [0.15, 0.2) is 4.42 Å². The van der Waals surface area contributed by atoms with Crippen LogP contribution in [0.5, 0.6) is 0 Å². The van der Waals surface area contributed by atoms with E-state index in [9.17, 15) is 0 Å². The lowest BCUT2D eigenvalue weighted by Gasteiger charge is -2.26. The monoisotopic (exact) mass is 251 g/mol. The summed E-state index contributed by atoms with van der Waals surface area (Å²) in [6, 6.07) is 0. The second-order valence-corrected chi connectivity index (χ2v) is 5.98. The maximum atomic E-state index is 5.90. The van der Waals surface area contributed by atoms with E-state index in [2.05, 4.69) is 24.0 Å². The number of nitrogens with two attached hydrogens (primary N) is 1. The molecule has 18 heavy (non-hydrogen) atoms. The van der Waals surface area contributed by atoms with Crippen LogP contribution in [0.3, 0.4) is 0 Å². The first-order valence-corrected chi connectivity index (χ1v) is 7.19. The summed E-state index contributed by atoms with van der Waals surface area (Å²) in [4.78, 5) is 0. The Hall–Kier alpha value is -0.900. The zero-order valence-corrected chi connectivity index (χ0v) is 11.6. The normalized spacial score (nSPS) is 18.7. The van der Waals surface area contributed by atoms with Crippen LogP contribution in [0.1, 0.15) is 64.2 Å². The molecule has 102 valence electrons. The summed E-state index contributed by atoms with van der Waals surface area (Å²) in [6.45, 7) is 5.21. The maximum absolute atomic E-state index is 5.90. The van der Waals surface area contributed by atoms with Gasteiger partial charge in [-0.05, 0) is 38.1 Å². The van der Waals surface area contributed by atoms with E-state index in [-0.39, 0.29) is 5.41 Å². The minimum absolute atomic E-state index is 0.155. The van der Waals surface area contributed by atoms with E-state index in [4.69, 9.17) is 10.2 Å². The Morgan fingerprint density at radius 1 is 1.28 bits per heavy atom. The van der Waals surface area contributed by atoms with Crippen molar-refractivity contribution >= 4 is 0 Å². The van der Waals surface area contributed by atoms with Crippen LogP contribution in [0.4, 0.5) is 0 Å². The fraction of sp³-hybridized carbons (Fsp3) is 0.857. The summed E-state index contributed by atoms with van der Waals surface area (Å²) in [5.41, 5.74) is 5.66. The fourth-order valence-corrected chi connectivity index (χ4v) is 3.16. The number of aromatic nitrogens is 2. The lowest BCUT2D eigenvalue weighted by molar-refractivity contribution is 0.267. The number of aryl methyl sites for hydroxylation is 1. The molecular formula is C14H25N3O. The highest BCUT2D eigenvalue weighted by atomic mass is 16.4. The van der Waals surface area contributed by atoms with Crippen molar-refractivity contribution in [2.24, 2.45) is 11.7 Å². The molecule has 1 aromatic heterocycles. The standard InChI is InChI=1S/C14H25N3O/c1-11(2)10-14(7-3-4-8-14)13-17-16-12(18-13)6-5-9-15/h11H,3-10,15H2,1-2H3. The van der Waals surface area contributed by atoms with E-state index < -0.39 is 0 Å². The zero-order valence-electron chi connectivity index (χ0n) is 11.6. The smallest absolute Gasteiger partial charge is 0.222 e. The Morgan fingerprint density at radius 2 is 2.00 bits per heavy atom. The van der Waals surface area contributed by atoms with E-state index in [1.807, 2.05) is 0 Å². The van der Waals surface area contributed by atoms with E-state index in [0.29, 0.717) is 12.5 Å². The quantitative estimate of drug-likeness (QED) is 0.844. The Morgan fingerprint density at radius 3 is 2.61 bits per heavy atom. The van der Waals surface area contributed by atoms with Gasteiger partial charge in [-0.3, -0.25) is 0 Å². The van der Waals surface area contributed by atoms with Crippen molar-refractivity contribution in [2.45, 2.75) is 64.2 Å². The molecule has 1 aliphatic rings. The predicted octanol–water partition coefficient (Wildman–Crippen LogP) is 2.82. The van der Waals surface area contributed by atoms with Crippen molar-refractivity contribution in [3.8, 4) is 0 Å². The van der Waals surface area contributed by atoms with Gasteiger partial charge in [-0.15, -0.1) is 10.2 Å². The molecule has 1 aliphatic carbocycles. The van der Waals surface area contributed by atoms with Gasteiger partial charge in [0.15, 0.2) is 0 Å². The molecule has 0 saturated heterocycles. The van der Waals surface area contributed by atoms with E-state index in [1.54, 1.807) is 0 Å². The summed E-state index contributed by atoms with van der Waals surface area (Å²) in [5.74, 6) is 2.30. The molecule has 0 radical (unpaired) electrons. The largest absolute Gasteiger partial charge is 0.425 e. The number of hydrogen-bond donors (Lipinski definition) is 1. The van der Waals surface area contributed by atoms with E-state index >= 15 is 0 Å². The lowest BCUT2D eigenvalue weighted by atomic mass is 9.78. The van der Waals surface area contributed by atoms with E-state index in [0.717, 1.165) is 31.0 Å². The van der Waals surface area contributed by atoms with Crippen LogP contribution in [-0.4, -0.2) is 16.7 Å². The first-order chi connectivity index (χ1) is 8.66. The van der Waals surface area contributed by atoms with Crippen molar-refractivity contribution in [1.82, 2.24) is 10.2 Å². The third kappa shape index (κ3) is 2.91. The van der Waals surface area contributed by atoms with Gasteiger partial charge in [0.2, 0.25) is 11.8 Å². The highest BCUT2D eigenvalue weighted by Crippen LogP contribution is 2.44. The Bertz CT molecular complexity index is 367. The number of nitrogens with zero attached hydrogens (tertiary/aromatic N) is 2. The van der Waals surface area contributed by atoms with Crippen molar-refractivity contribution in [3.63, 3.8) is 0 Å². The molecule has 0 aliphatic heterocycles. The molecule has 0 unspecified atom stereocenters. The van der Waals surface area contributed by atoms with E-state index in [1.165, 1.54) is 25.7 Å². The highest BCUT2D eigenvalue weighted by molar-refractivity contribution is 5.07. The third-order valence-electron chi connectivity index (χ3n) is 3.87. The second kappa shape index (κ2) is 5.83. The first-order valence-electron chi connectivity index (χ1n) is 7.19. The van der Waals surface area contributed by atoms with Crippen molar-refractivity contribution < 1.29 is 4.42 Å². The van der Waals surface area contributed by atoms with Crippen LogP contribution in [-0.2, 0) is 11.8 Å².